The molecule has 0 unspecified atom stereocenters. The first-order chi connectivity index (χ1) is 9.68. The minimum absolute atomic E-state index is 0.0397. The Morgan fingerprint density at radius 2 is 2.45 bits per heavy atom. The van der Waals surface area contributed by atoms with Crippen LogP contribution in [0.25, 0.3) is 0 Å². The minimum atomic E-state index is -0.0397. The van der Waals surface area contributed by atoms with Crippen molar-refractivity contribution >= 4 is 11.3 Å². The number of thiophene rings is 1. The summed E-state index contributed by atoms with van der Waals surface area (Å²) >= 11 is 1.99. The average molecular weight is 289 g/mol. The van der Waals surface area contributed by atoms with Crippen LogP contribution in [-0.2, 0) is 23.2 Å². The van der Waals surface area contributed by atoms with E-state index in [-0.39, 0.29) is 5.60 Å². The molecule has 1 saturated heterocycles. The second kappa shape index (κ2) is 5.52. The van der Waals surface area contributed by atoms with Crippen LogP contribution in [0.4, 0.5) is 0 Å². The molecule has 1 spiro atoms. The van der Waals surface area contributed by atoms with Crippen LogP contribution in [0.2, 0.25) is 0 Å². The third-order valence-corrected chi connectivity index (χ3v) is 6.09. The van der Waals surface area contributed by atoms with Crippen LogP contribution in [-0.4, -0.2) is 30.6 Å². The van der Waals surface area contributed by atoms with Gasteiger partial charge in [0.2, 0.25) is 0 Å². The Labute approximate surface area is 126 Å². The highest BCUT2D eigenvalue weighted by Crippen LogP contribution is 2.46. The van der Waals surface area contributed by atoms with E-state index in [4.69, 9.17) is 11.2 Å². The van der Waals surface area contributed by atoms with Crippen LogP contribution in [0, 0.1) is 12.3 Å². The lowest BCUT2D eigenvalue weighted by molar-refractivity contribution is -0.109. The van der Waals surface area contributed by atoms with Gasteiger partial charge in [0.1, 0.15) is 0 Å². The number of likely N-dealkylation sites (tertiary alicyclic amines) is 1. The van der Waals surface area contributed by atoms with Crippen molar-refractivity contribution < 1.29 is 4.74 Å². The molecule has 0 aromatic carbocycles. The van der Waals surface area contributed by atoms with Crippen LogP contribution in [0.15, 0.2) is 6.07 Å². The lowest BCUT2D eigenvalue weighted by Crippen LogP contribution is -2.50. The Morgan fingerprint density at radius 1 is 1.60 bits per heavy atom. The molecule has 2 aliphatic heterocycles. The van der Waals surface area contributed by atoms with E-state index in [9.17, 15) is 0 Å². The molecular formula is C17H23NOS. The van der Waals surface area contributed by atoms with Gasteiger partial charge in [-0.15, -0.1) is 17.8 Å². The van der Waals surface area contributed by atoms with E-state index >= 15 is 0 Å². The Morgan fingerprint density at radius 3 is 3.15 bits per heavy atom. The SMILES string of the molecule is C#CCN1CC[C@]2(C[C@@H]1C)OCCc1sc(CC)cc12. The van der Waals surface area contributed by atoms with E-state index in [1.54, 1.807) is 4.88 Å². The van der Waals surface area contributed by atoms with Crippen LogP contribution >= 0.6 is 11.3 Å². The fourth-order valence-corrected chi connectivity index (χ4v) is 4.81. The fourth-order valence-electron chi connectivity index (χ4n) is 3.63. The predicted molar refractivity (Wildman–Crippen MR) is 84.1 cm³/mol. The monoisotopic (exact) mass is 289 g/mol. The number of fused-ring (bicyclic) bond motifs is 2. The van der Waals surface area contributed by atoms with Crippen molar-refractivity contribution in [1.82, 2.24) is 4.90 Å². The van der Waals surface area contributed by atoms with E-state index in [1.165, 1.54) is 10.4 Å². The molecule has 2 nitrogen and oxygen atoms in total. The van der Waals surface area contributed by atoms with Gasteiger partial charge < -0.3 is 4.74 Å². The van der Waals surface area contributed by atoms with E-state index in [0.29, 0.717) is 6.04 Å². The number of hydrogen-bond acceptors (Lipinski definition) is 3. The maximum absolute atomic E-state index is 6.32. The molecule has 0 radical (unpaired) electrons. The maximum Gasteiger partial charge on any atom is 0.0969 e. The van der Waals surface area contributed by atoms with Crippen molar-refractivity contribution in [3.63, 3.8) is 0 Å². The first-order valence-electron chi connectivity index (χ1n) is 7.62. The van der Waals surface area contributed by atoms with Crippen molar-refractivity contribution in [2.75, 3.05) is 19.7 Å². The molecule has 2 atom stereocenters. The van der Waals surface area contributed by atoms with Gasteiger partial charge in [0.25, 0.3) is 0 Å². The lowest BCUT2D eigenvalue weighted by Gasteiger charge is -2.46. The fraction of sp³-hybridized carbons (Fsp3) is 0.647. The summed E-state index contributed by atoms with van der Waals surface area (Å²) in [5.41, 5.74) is 1.44. The Kier molecular flexibility index (Phi) is 3.90. The second-order valence-corrected chi connectivity index (χ2v) is 7.19. The van der Waals surface area contributed by atoms with Gasteiger partial charge in [-0.05, 0) is 37.8 Å². The zero-order valence-electron chi connectivity index (χ0n) is 12.4. The highest BCUT2D eigenvalue weighted by atomic mass is 32.1. The number of piperidine rings is 1. The smallest absolute Gasteiger partial charge is 0.0969 e. The van der Waals surface area contributed by atoms with Gasteiger partial charge in [-0.1, -0.05) is 12.8 Å². The van der Waals surface area contributed by atoms with Crippen LogP contribution in [0.5, 0.6) is 0 Å². The summed E-state index contributed by atoms with van der Waals surface area (Å²) < 4.78 is 6.32. The summed E-state index contributed by atoms with van der Waals surface area (Å²) in [6.45, 7) is 7.19. The predicted octanol–water partition coefficient (Wildman–Crippen LogP) is 3.20. The van der Waals surface area contributed by atoms with Gasteiger partial charge in [0.15, 0.2) is 0 Å². The molecule has 0 amide bonds. The van der Waals surface area contributed by atoms with Gasteiger partial charge in [-0.25, -0.2) is 0 Å². The molecule has 2 aliphatic rings. The van der Waals surface area contributed by atoms with Crippen molar-refractivity contribution in [3.05, 3.63) is 21.4 Å². The topological polar surface area (TPSA) is 12.5 Å². The largest absolute Gasteiger partial charge is 0.370 e. The van der Waals surface area contributed by atoms with Crippen LogP contribution in [0.1, 0.15) is 42.0 Å². The van der Waals surface area contributed by atoms with Gasteiger partial charge >= 0.3 is 0 Å². The second-order valence-electron chi connectivity index (χ2n) is 5.97. The number of aryl methyl sites for hydroxylation is 1. The molecule has 3 heteroatoms. The maximum atomic E-state index is 6.32. The van der Waals surface area contributed by atoms with Crippen molar-refractivity contribution in [1.29, 1.82) is 0 Å². The number of hydrogen-bond donors (Lipinski definition) is 0. The van der Waals surface area contributed by atoms with Gasteiger partial charge in [0, 0.05) is 28.8 Å². The van der Waals surface area contributed by atoms with E-state index in [2.05, 4.69) is 30.7 Å². The highest BCUT2D eigenvalue weighted by Gasteiger charge is 2.44. The molecule has 0 N–H and O–H groups in total. The van der Waals surface area contributed by atoms with Crippen LogP contribution < -0.4 is 0 Å². The third kappa shape index (κ3) is 2.30. The molecule has 3 heterocycles. The van der Waals surface area contributed by atoms with Gasteiger partial charge in [-0.3, -0.25) is 4.90 Å². The first kappa shape index (κ1) is 14.1. The van der Waals surface area contributed by atoms with E-state index < -0.39 is 0 Å². The number of rotatable bonds is 2. The zero-order chi connectivity index (χ0) is 14.2. The molecule has 108 valence electrons. The average Bonchev–Trinajstić information content (AvgIpc) is 2.87. The molecule has 0 bridgehead atoms. The van der Waals surface area contributed by atoms with Gasteiger partial charge in [0.05, 0.1) is 18.8 Å². The normalized spacial score (nSPS) is 30.1. The summed E-state index contributed by atoms with van der Waals surface area (Å²) in [6.07, 6.45) is 9.83. The summed E-state index contributed by atoms with van der Waals surface area (Å²) in [7, 11) is 0. The van der Waals surface area contributed by atoms with Gasteiger partial charge in [-0.2, -0.15) is 0 Å². The molecule has 0 saturated carbocycles. The lowest BCUT2D eigenvalue weighted by atomic mass is 9.79. The molecule has 3 rings (SSSR count). The molecular weight excluding hydrogens is 266 g/mol. The third-order valence-electron chi connectivity index (χ3n) is 4.75. The van der Waals surface area contributed by atoms with E-state index in [1.807, 2.05) is 11.3 Å². The summed E-state index contributed by atoms with van der Waals surface area (Å²) in [5, 5.41) is 0. The molecule has 1 aromatic heterocycles. The van der Waals surface area contributed by atoms with Crippen molar-refractivity contribution in [2.45, 2.75) is 51.2 Å². The number of ether oxygens (including phenoxy) is 1. The molecule has 20 heavy (non-hydrogen) atoms. The summed E-state index contributed by atoms with van der Waals surface area (Å²) in [4.78, 5) is 5.46. The number of nitrogens with zero attached hydrogens (tertiary/aromatic N) is 1. The summed E-state index contributed by atoms with van der Waals surface area (Å²) in [5.74, 6) is 2.78. The van der Waals surface area contributed by atoms with Crippen molar-refractivity contribution in [3.8, 4) is 12.3 Å². The first-order valence-corrected chi connectivity index (χ1v) is 8.43. The standard InChI is InChI=1S/C17H23NOS/c1-4-8-18-9-7-17(12-13(18)3)15-11-14(5-2)20-16(15)6-10-19-17/h1,11,13H,5-10,12H2,2-3H3/t13-,17+/m0/s1. The quantitative estimate of drug-likeness (QED) is 0.775. The zero-order valence-corrected chi connectivity index (χ0v) is 13.3. The Bertz CT molecular complexity index is 530. The van der Waals surface area contributed by atoms with Crippen LogP contribution in [0.3, 0.4) is 0 Å². The van der Waals surface area contributed by atoms with E-state index in [0.717, 1.165) is 45.4 Å². The number of terminal acetylenes is 1. The highest BCUT2D eigenvalue weighted by molar-refractivity contribution is 7.12. The minimum Gasteiger partial charge on any atom is -0.370 e. The molecule has 1 aromatic rings. The Hall–Kier alpha value is -0.820. The van der Waals surface area contributed by atoms with Crippen molar-refractivity contribution in [2.24, 2.45) is 0 Å². The molecule has 0 aliphatic carbocycles. The molecule has 1 fully saturated rings. The summed E-state index contributed by atoms with van der Waals surface area (Å²) in [6, 6.07) is 2.90. The Balaban J connectivity index is 1.88.